The first-order valence-electron chi connectivity index (χ1n) is 8.43. The van der Waals surface area contributed by atoms with Gasteiger partial charge in [-0.1, -0.05) is 51.0 Å². The minimum atomic E-state index is 0.761. The first-order chi connectivity index (χ1) is 9.11. The predicted octanol–water partition coefficient (Wildman–Crippen LogP) is 5.32. The van der Waals surface area contributed by atoms with Gasteiger partial charge in [0.15, 0.2) is 0 Å². The van der Waals surface area contributed by atoms with Crippen molar-refractivity contribution in [3.8, 4) is 0 Å². The summed E-state index contributed by atoms with van der Waals surface area (Å²) in [4.78, 5) is 0. The Morgan fingerprint density at radius 3 is 2.47 bits per heavy atom. The Morgan fingerprint density at radius 2 is 1.89 bits per heavy atom. The van der Waals surface area contributed by atoms with Crippen LogP contribution in [0.4, 0.5) is 0 Å². The van der Waals surface area contributed by atoms with Crippen molar-refractivity contribution in [2.24, 2.45) is 11.8 Å². The van der Waals surface area contributed by atoms with E-state index in [9.17, 15) is 0 Å². The van der Waals surface area contributed by atoms with Crippen LogP contribution in [-0.2, 0) is 0 Å². The van der Waals surface area contributed by atoms with Crippen molar-refractivity contribution in [1.29, 1.82) is 0 Å². The molecule has 2 atom stereocenters. The van der Waals surface area contributed by atoms with Gasteiger partial charge in [-0.05, 0) is 51.5 Å². The average molecular weight is 265 g/mol. The molecule has 0 aromatic carbocycles. The zero-order valence-corrected chi connectivity index (χ0v) is 13.5. The zero-order chi connectivity index (χ0) is 14.1. The Hall–Kier alpha value is -0.300. The van der Waals surface area contributed by atoms with Crippen LogP contribution in [0.3, 0.4) is 0 Å². The van der Waals surface area contributed by atoms with Crippen LogP contribution in [-0.4, -0.2) is 13.1 Å². The Balaban J connectivity index is 2.09. The molecule has 1 aliphatic rings. The summed E-state index contributed by atoms with van der Waals surface area (Å²) in [7, 11) is 2.14. The molecule has 0 aromatic heterocycles. The third-order valence-electron chi connectivity index (χ3n) is 4.81. The molecule has 0 spiro atoms. The number of hydrogen-bond acceptors (Lipinski definition) is 1. The van der Waals surface area contributed by atoms with E-state index in [0.717, 1.165) is 17.9 Å². The highest BCUT2D eigenvalue weighted by molar-refractivity contribution is 4.87. The van der Waals surface area contributed by atoms with E-state index in [4.69, 9.17) is 0 Å². The van der Waals surface area contributed by atoms with Gasteiger partial charge >= 0.3 is 0 Å². The van der Waals surface area contributed by atoms with Crippen LogP contribution in [0.2, 0.25) is 0 Å². The van der Waals surface area contributed by atoms with Gasteiger partial charge in [-0.15, -0.1) is 6.58 Å². The lowest BCUT2D eigenvalue weighted by molar-refractivity contribution is 0.364. The summed E-state index contributed by atoms with van der Waals surface area (Å²) in [6.07, 6.45) is 14.0. The lowest BCUT2D eigenvalue weighted by atomic mass is 9.92. The van der Waals surface area contributed by atoms with Gasteiger partial charge in [0.25, 0.3) is 0 Å². The fourth-order valence-electron chi connectivity index (χ4n) is 3.38. The molecule has 0 amide bonds. The van der Waals surface area contributed by atoms with Gasteiger partial charge in [0.1, 0.15) is 0 Å². The van der Waals surface area contributed by atoms with Gasteiger partial charge in [0.05, 0.1) is 0 Å². The second kappa shape index (κ2) is 9.58. The normalized spacial score (nSPS) is 19.5. The molecule has 0 saturated heterocycles. The minimum absolute atomic E-state index is 0.761. The summed E-state index contributed by atoms with van der Waals surface area (Å²) in [6, 6.07) is 0.761. The quantitative estimate of drug-likeness (QED) is 0.527. The molecule has 2 unspecified atom stereocenters. The summed E-state index contributed by atoms with van der Waals surface area (Å²) < 4.78 is 0. The maximum absolute atomic E-state index is 4.00. The molecule has 0 aromatic rings. The lowest BCUT2D eigenvalue weighted by Crippen LogP contribution is -2.27. The summed E-state index contributed by atoms with van der Waals surface area (Å²) in [6.45, 7) is 8.54. The molecule has 1 saturated carbocycles. The van der Waals surface area contributed by atoms with Crippen molar-refractivity contribution in [2.75, 3.05) is 7.05 Å². The Kier molecular flexibility index (Phi) is 8.45. The van der Waals surface area contributed by atoms with Crippen LogP contribution in [0.25, 0.3) is 0 Å². The van der Waals surface area contributed by atoms with Crippen molar-refractivity contribution in [1.82, 2.24) is 5.32 Å². The van der Waals surface area contributed by atoms with E-state index in [1.807, 2.05) is 0 Å². The standard InChI is InChI=1S/C18H35N/c1-15(2)12-13-16(3)8-7-11-18(19-4)14-17-9-5-6-10-17/h16-19H,1,5-14H2,2-4H3. The van der Waals surface area contributed by atoms with Crippen molar-refractivity contribution >= 4 is 0 Å². The topological polar surface area (TPSA) is 12.0 Å². The highest BCUT2D eigenvalue weighted by Gasteiger charge is 2.19. The first-order valence-corrected chi connectivity index (χ1v) is 8.43. The van der Waals surface area contributed by atoms with Crippen LogP contribution < -0.4 is 5.32 Å². The fourth-order valence-corrected chi connectivity index (χ4v) is 3.38. The second-order valence-corrected chi connectivity index (χ2v) is 6.90. The third-order valence-corrected chi connectivity index (χ3v) is 4.81. The fraction of sp³-hybridized carbons (Fsp3) is 0.889. The van der Waals surface area contributed by atoms with Crippen LogP contribution in [0.15, 0.2) is 12.2 Å². The molecule has 112 valence electrons. The third kappa shape index (κ3) is 7.77. The van der Waals surface area contributed by atoms with Gasteiger partial charge in [0.2, 0.25) is 0 Å². The van der Waals surface area contributed by atoms with Crippen LogP contribution in [0.5, 0.6) is 0 Å². The van der Waals surface area contributed by atoms with E-state index in [1.54, 1.807) is 0 Å². The molecule has 0 heterocycles. The molecule has 0 bridgehead atoms. The van der Waals surface area contributed by atoms with E-state index in [-0.39, 0.29) is 0 Å². The molecular weight excluding hydrogens is 230 g/mol. The molecule has 19 heavy (non-hydrogen) atoms. The van der Waals surface area contributed by atoms with Crippen LogP contribution in [0, 0.1) is 11.8 Å². The van der Waals surface area contributed by atoms with Crippen molar-refractivity contribution in [2.45, 2.75) is 84.1 Å². The summed E-state index contributed by atoms with van der Waals surface area (Å²) >= 11 is 0. The summed E-state index contributed by atoms with van der Waals surface area (Å²) in [5.41, 5.74) is 1.33. The van der Waals surface area contributed by atoms with Crippen molar-refractivity contribution in [3.05, 3.63) is 12.2 Å². The van der Waals surface area contributed by atoms with Gasteiger partial charge in [-0.2, -0.15) is 0 Å². The molecule has 1 N–H and O–H groups in total. The highest BCUT2D eigenvalue weighted by atomic mass is 14.9. The molecule has 1 nitrogen and oxygen atoms in total. The van der Waals surface area contributed by atoms with E-state index in [0.29, 0.717) is 0 Å². The molecule has 0 aliphatic heterocycles. The number of nitrogens with one attached hydrogen (secondary N) is 1. The summed E-state index contributed by atoms with van der Waals surface area (Å²) in [5.74, 6) is 1.87. The van der Waals surface area contributed by atoms with Crippen molar-refractivity contribution in [3.63, 3.8) is 0 Å². The Bertz CT molecular complexity index is 240. The molecule has 1 heteroatoms. The monoisotopic (exact) mass is 265 g/mol. The number of rotatable bonds is 10. The second-order valence-electron chi connectivity index (χ2n) is 6.90. The molecule has 1 aliphatic carbocycles. The van der Waals surface area contributed by atoms with Gasteiger partial charge in [-0.3, -0.25) is 0 Å². The Labute approximate surface area is 121 Å². The number of allylic oxidation sites excluding steroid dienone is 1. The molecule has 1 fully saturated rings. The maximum atomic E-state index is 4.00. The van der Waals surface area contributed by atoms with E-state index in [2.05, 4.69) is 32.8 Å². The highest BCUT2D eigenvalue weighted by Crippen LogP contribution is 2.29. The SMILES string of the molecule is C=C(C)CCC(C)CCCC(CC1CCCC1)NC. The maximum Gasteiger partial charge on any atom is 0.00667 e. The van der Waals surface area contributed by atoms with Crippen LogP contribution in [0.1, 0.15) is 78.1 Å². The lowest BCUT2D eigenvalue weighted by Gasteiger charge is -2.21. The Morgan fingerprint density at radius 1 is 1.21 bits per heavy atom. The average Bonchev–Trinajstić information content (AvgIpc) is 2.88. The smallest absolute Gasteiger partial charge is 0.00667 e. The van der Waals surface area contributed by atoms with Gasteiger partial charge < -0.3 is 5.32 Å². The zero-order valence-electron chi connectivity index (χ0n) is 13.5. The molecule has 0 radical (unpaired) electrons. The van der Waals surface area contributed by atoms with Crippen molar-refractivity contribution < 1.29 is 0 Å². The predicted molar refractivity (Wildman–Crippen MR) is 86.5 cm³/mol. The molecule has 1 rings (SSSR count). The number of hydrogen-bond donors (Lipinski definition) is 1. The largest absolute Gasteiger partial charge is 0.317 e. The summed E-state index contributed by atoms with van der Waals surface area (Å²) in [5, 5.41) is 3.54. The van der Waals surface area contributed by atoms with Crippen LogP contribution >= 0.6 is 0 Å². The molecular formula is C18H35N. The van der Waals surface area contributed by atoms with Gasteiger partial charge in [0, 0.05) is 6.04 Å². The van der Waals surface area contributed by atoms with Gasteiger partial charge in [-0.25, -0.2) is 0 Å². The minimum Gasteiger partial charge on any atom is -0.317 e. The van der Waals surface area contributed by atoms with E-state index < -0.39 is 0 Å². The van der Waals surface area contributed by atoms with E-state index >= 15 is 0 Å². The van der Waals surface area contributed by atoms with E-state index in [1.165, 1.54) is 69.8 Å². The first kappa shape index (κ1) is 16.8.